The van der Waals surface area contributed by atoms with Gasteiger partial charge in [0, 0.05) is 26.2 Å². The molecule has 1 aromatic rings. The zero-order chi connectivity index (χ0) is 14.2. The maximum absolute atomic E-state index is 12.4. The van der Waals surface area contributed by atoms with Gasteiger partial charge in [0.1, 0.15) is 5.82 Å². The molecule has 1 fully saturated rings. The number of amides is 1. The lowest BCUT2D eigenvalue weighted by atomic mass is 9.90. The highest BCUT2D eigenvalue weighted by molar-refractivity contribution is 5.86. The van der Waals surface area contributed by atoms with Crippen LogP contribution in [-0.4, -0.2) is 39.4 Å². The van der Waals surface area contributed by atoms with Gasteiger partial charge in [0.15, 0.2) is 5.82 Å². The topological polar surface area (TPSA) is 95.1 Å². The van der Waals surface area contributed by atoms with E-state index in [1.807, 2.05) is 6.92 Å². The third kappa shape index (κ3) is 2.31. The van der Waals surface area contributed by atoms with Gasteiger partial charge in [-0.2, -0.15) is 0 Å². The predicted octanol–water partition coefficient (Wildman–Crippen LogP) is -0.0906. The van der Waals surface area contributed by atoms with Crippen LogP contribution in [0.2, 0.25) is 0 Å². The van der Waals surface area contributed by atoms with Gasteiger partial charge in [-0.1, -0.05) is 0 Å². The smallest absolute Gasteiger partial charge is 0.240 e. The van der Waals surface area contributed by atoms with E-state index in [-0.39, 0.29) is 11.9 Å². The van der Waals surface area contributed by atoms with Crippen molar-refractivity contribution < 1.29 is 9.53 Å². The highest BCUT2D eigenvalue weighted by Crippen LogP contribution is 2.22. The maximum Gasteiger partial charge on any atom is 0.240 e. The quantitative estimate of drug-likeness (QED) is 0.806. The van der Waals surface area contributed by atoms with Crippen molar-refractivity contribution in [3.05, 3.63) is 11.6 Å². The van der Waals surface area contributed by atoms with E-state index in [0.717, 1.165) is 31.0 Å². The fourth-order valence-corrected chi connectivity index (χ4v) is 2.86. The molecule has 0 bridgehead atoms. The van der Waals surface area contributed by atoms with Gasteiger partial charge in [-0.15, -0.1) is 10.2 Å². The second-order valence-electron chi connectivity index (χ2n) is 5.69. The summed E-state index contributed by atoms with van der Waals surface area (Å²) in [5.41, 5.74) is 5.36. The lowest BCUT2D eigenvalue weighted by Crippen LogP contribution is -2.57. The van der Waals surface area contributed by atoms with Crippen molar-refractivity contribution in [2.75, 3.05) is 13.2 Å². The minimum Gasteiger partial charge on any atom is -0.381 e. The van der Waals surface area contributed by atoms with Gasteiger partial charge in [0.2, 0.25) is 5.91 Å². The van der Waals surface area contributed by atoms with Crippen molar-refractivity contribution in [3.8, 4) is 0 Å². The van der Waals surface area contributed by atoms with Gasteiger partial charge in [-0.25, -0.2) is 0 Å². The predicted molar refractivity (Wildman–Crippen MR) is 71.9 cm³/mol. The summed E-state index contributed by atoms with van der Waals surface area (Å²) in [5, 5.41) is 11.3. The van der Waals surface area contributed by atoms with Crippen LogP contribution in [0, 0.1) is 0 Å². The molecule has 3 N–H and O–H groups in total. The van der Waals surface area contributed by atoms with Gasteiger partial charge in [0.05, 0.1) is 11.6 Å². The van der Waals surface area contributed by atoms with Gasteiger partial charge in [-0.3, -0.25) is 4.79 Å². The molecule has 20 heavy (non-hydrogen) atoms. The number of hydrogen-bond acceptors (Lipinski definition) is 5. The molecule has 1 saturated heterocycles. The molecule has 2 aliphatic rings. The Labute approximate surface area is 117 Å². The number of hydrogen-bond donors (Lipinski definition) is 2. The molecule has 0 spiro atoms. The fraction of sp³-hybridized carbons (Fsp3) is 0.769. The first-order valence-electron chi connectivity index (χ1n) is 7.20. The standard InChI is InChI=1S/C13H21N5O2/c1-9(11-17-16-10-3-2-6-18(10)11)15-12(19)13(14)4-7-20-8-5-13/h9H,2-8,14H2,1H3,(H,15,19). The van der Waals surface area contributed by atoms with Crippen LogP contribution in [-0.2, 0) is 22.5 Å². The molecule has 1 aromatic heterocycles. The number of nitrogens with one attached hydrogen (secondary N) is 1. The van der Waals surface area contributed by atoms with Crippen LogP contribution in [0.15, 0.2) is 0 Å². The van der Waals surface area contributed by atoms with Crippen LogP contribution >= 0.6 is 0 Å². The summed E-state index contributed by atoms with van der Waals surface area (Å²) in [6.07, 6.45) is 3.18. The highest BCUT2D eigenvalue weighted by Gasteiger charge is 2.37. The van der Waals surface area contributed by atoms with Gasteiger partial charge in [-0.05, 0) is 26.2 Å². The van der Waals surface area contributed by atoms with Gasteiger partial charge < -0.3 is 20.4 Å². The van der Waals surface area contributed by atoms with Crippen LogP contribution in [0.4, 0.5) is 0 Å². The number of nitrogens with two attached hydrogens (primary N) is 1. The Balaban J connectivity index is 1.69. The molecule has 0 radical (unpaired) electrons. The molecule has 7 heteroatoms. The van der Waals surface area contributed by atoms with E-state index in [0.29, 0.717) is 26.1 Å². The van der Waals surface area contributed by atoms with Gasteiger partial charge >= 0.3 is 0 Å². The second-order valence-corrected chi connectivity index (χ2v) is 5.69. The summed E-state index contributed by atoms with van der Waals surface area (Å²) in [7, 11) is 0. The van der Waals surface area contributed by atoms with Crippen molar-refractivity contribution in [1.82, 2.24) is 20.1 Å². The molecule has 7 nitrogen and oxygen atoms in total. The highest BCUT2D eigenvalue weighted by atomic mass is 16.5. The number of carbonyl (C=O) groups is 1. The molecule has 2 aliphatic heterocycles. The monoisotopic (exact) mass is 279 g/mol. The zero-order valence-corrected chi connectivity index (χ0v) is 11.8. The van der Waals surface area contributed by atoms with E-state index in [1.54, 1.807) is 0 Å². The molecular formula is C13H21N5O2. The van der Waals surface area contributed by atoms with E-state index in [9.17, 15) is 4.79 Å². The van der Waals surface area contributed by atoms with Crippen molar-refractivity contribution in [2.45, 2.75) is 50.7 Å². The normalized spacial score (nSPS) is 22.3. The number of aromatic nitrogens is 3. The van der Waals surface area contributed by atoms with E-state index in [1.165, 1.54) is 0 Å². The zero-order valence-electron chi connectivity index (χ0n) is 11.8. The van der Waals surface area contributed by atoms with E-state index < -0.39 is 5.54 Å². The van der Waals surface area contributed by atoms with Crippen LogP contribution in [0.25, 0.3) is 0 Å². The molecule has 3 heterocycles. The molecule has 1 unspecified atom stereocenters. The van der Waals surface area contributed by atoms with Crippen LogP contribution in [0.3, 0.4) is 0 Å². The lowest BCUT2D eigenvalue weighted by molar-refractivity contribution is -0.130. The average Bonchev–Trinajstić information content (AvgIpc) is 3.01. The maximum atomic E-state index is 12.4. The molecule has 0 aromatic carbocycles. The Morgan fingerprint density at radius 1 is 1.45 bits per heavy atom. The third-order valence-electron chi connectivity index (χ3n) is 4.21. The van der Waals surface area contributed by atoms with Crippen LogP contribution < -0.4 is 11.1 Å². The van der Waals surface area contributed by atoms with Crippen molar-refractivity contribution in [3.63, 3.8) is 0 Å². The van der Waals surface area contributed by atoms with Crippen molar-refractivity contribution in [1.29, 1.82) is 0 Å². The summed E-state index contributed by atoms with van der Waals surface area (Å²) < 4.78 is 7.36. The Morgan fingerprint density at radius 2 is 2.20 bits per heavy atom. The van der Waals surface area contributed by atoms with Crippen LogP contribution in [0.5, 0.6) is 0 Å². The molecule has 1 atom stereocenters. The largest absolute Gasteiger partial charge is 0.381 e. The first-order valence-corrected chi connectivity index (χ1v) is 7.20. The lowest BCUT2D eigenvalue weighted by Gasteiger charge is -2.32. The van der Waals surface area contributed by atoms with Gasteiger partial charge in [0.25, 0.3) is 0 Å². The number of rotatable bonds is 3. The molecular weight excluding hydrogens is 258 g/mol. The minimum absolute atomic E-state index is 0.122. The van der Waals surface area contributed by atoms with E-state index in [2.05, 4.69) is 20.1 Å². The Morgan fingerprint density at radius 3 is 2.95 bits per heavy atom. The average molecular weight is 279 g/mol. The third-order valence-corrected chi connectivity index (χ3v) is 4.21. The first-order chi connectivity index (χ1) is 9.60. The molecule has 1 amide bonds. The van der Waals surface area contributed by atoms with E-state index in [4.69, 9.17) is 10.5 Å². The van der Waals surface area contributed by atoms with Crippen molar-refractivity contribution >= 4 is 5.91 Å². The van der Waals surface area contributed by atoms with Crippen LogP contribution in [0.1, 0.15) is 43.9 Å². The summed E-state index contributed by atoms with van der Waals surface area (Å²) in [6, 6.07) is -0.176. The number of fused-ring (bicyclic) bond motifs is 1. The summed E-state index contributed by atoms with van der Waals surface area (Å²) in [6.45, 7) is 3.94. The SMILES string of the molecule is CC(NC(=O)C1(N)CCOCC1)c1nnc2n1CCC2. The first kappa shape index (κ1) is 13.5. The molecule has 110 valence electrons. The second kappa shape index (κ2) is 5.14. The number of aryl methyl sites for hydroxylation is 1. The Bertz CT molecular complexity index is 507. The number of nitrogens with zero attached hydrogens (tertiary/aromatic N) is 3. The number of carbonyl (C=O) groups excluding carboxylic acids is 1. The number of ether oxygens (including phenoxy) is 1. The molecule has 3 rings (SSSR count). The fourth-order valence-electron chi connectivity index (χ4n) is 2.86. The summed E-state index contributed by atoms with van der Waals surface area (Å²) >= 11 is 0. The molecule has 0 saturated carbocycles. The summed E-state index contributed by atoms with van der Waals surface area (Å²) in [4.78, 5) is 12.4. The Kier molecular flexibility index (Phi) is 3.47. The molecule has 0 aliphatic carbocycles. The Hall–Kier alpha value is -1.47. The van der Waals surface area contributed by atoms with Crippen molar-refractivity contribution in [2.24, 2.45) is 5.73 Å². The minimum atomic E-state index is -0.819. The van der Waals surface area contributed by atoms with E-state index >= 15 is 0 Å². The summed E-state index contributed by atoms with van der Waals surface area (Å²) in [5.74, 6) is 1.71.